The maximum atomic E-state index is 12.6. The lowest BCUT2D eigenvalue weighted by atomic mass is 10.2. The zero-order chi connectivity index (χ0) is 17.9. The topological polar surface area (TPSA) is 78.5 Å². The van der Waals surface area contributed by atoms with E-state index >= 15 is 0 Å². The second kappa shape index (κ2) is 7.40. The van der Waals surface area contributed by atoms with E-state index in [9.17, 15) is 13.2 Å². The van der Waals surface area contributed by atoms with Crippen molar-refractivity contribution in [1.29, 1.82) is 0 Å². The van der Waals surface area contributed by atoms with Crippen molar-refractivity contribution >= 4 is 44.8 Å². The van der Waals surface area contributed by atoms with E-state index in [4.69, 9.17) is 23.2 Å². The van der Waals surface area contributed by atoms with Gasteiger partial charge in [0.1, 0.15) is 4.90 Å². The van der Waals surface area contributed by atoms with Crippen LogP contribution < -0.4 is 10.1 Å². The highest BCUT2D eigenvalue weighted by Crippen LogP contribution is 2.28. The summed E-state index contributed by atoms with van der Waals surface area (Å²) in [6, 6.07) is 10.4. The smallest absolute Gasteiger partial charge is 0.265 e. The summed E-state index contributed by atoms with van der Waals surface area (Å²) in [5.41, 5.74) is 2.91. The molecule has 2 aromatic rings. The first kappa shape index (κ1) is 18.5. The fraction of sp³-hybridized carbons (Fsp3) is 0.133. The molecule has 0 atom stereocenters. The van der Waals surface area contributed by atoms with Crippen LogP contribution in [0.3, 0.4) is 0 Å². The fourth-order valence-electron chi connectivity index (χ4n) is 1.86. The molecule has 128 valence electrons. The molecule has 24 heavy (non-hydrogen) atoms. The second-order valence-corrected chi connectivity index (χ2v) is 7.53. The number of nitrogens with one attached hydrogen (secondary N) is 2. The molecule has 0 aromatic heterocycles. The highest BCUT2D eigenvalue weighted by molar-refractivity contribution is 7.92. The number of benzene rings is 2. The Morgan fingerprint density at radius 2 is 1.71 bits per heavy atom. The first-order valence-corrected chi connectivity index (χ1v) is 9.00. The first-order valence-electron chi connectivity index (χ1n) is 6.76. The predicted molar refractivity (Wildman–Crippen MR) is 94.9 cm³/mol. The Morgan fingerprint density at radius 1 is 1.04 bits per heavy atom. The molecular formula is C15H15Cl2N3O3S. The average molecular weight is 388 g/mol. The summed E-state index contributed by atoms with van der Waals surface area (Å²) < 4.78 is 27.5. The number of hydrazine groups is 1. The van der Waals surface area contributed by atoms with Crippen LogP contribution in [-0.4, -0.2) is 33.4 Å². The first-order chi connectivity index (χ1) is 11.2. The minimum absolute atomic E-state index is 0.00374. The molecule has 1 amide bonds. The molecule has 0 bridgehead atoms. The zero-order valence-electron chi connectivity index (χ0n) is 12.9. The Kier molecular flexibility index (Phi) is 5.71. The van der Waals surface area contributed by atoms with Gasteiger partial charge < -0.3 is 0 Å². The fourth-order valence-corrected chi connectivity index (χ4v) is 3.71. The van der Waals surface area contributed by atoms with Crippen LogP contribution in [0.1, 0.15) is 10.4 Å². The van der Waals surface area contributed by atoms with E-state index in [0.717, 1.165) is 0 Å². The van der Waals surface area contributed by atoms with Crippen LogP contribution in [0.15, 0.2) is 47.4 Å². The third kappa shape index (κ3) is 4.39. The van der Waals surface area contributed by atoms with Crippen molar-refractivity contribution in [2.45, 2.75) is 4.90 Å². The van der Waals surface area contributed by atoms with Crippen molar-refractivity contribution in [3.8, 4) is 0 Å². The van der Waals surface area contributed by atoms with Gasteiger partial charge in [-0.2, -0.15) is 0 Å². The Labute approximate surface area is 150 Å². The Hall–Kier alpha value is -1.80. The molecule has 0 aliphatic heterocycles. The van der Waals surface area contributed by atoms with Crippen LogP contribution >= 0.6 is 23.2 Å². The van der Waals surface area contributed by atoms with Gasteiger partial charge in [-0.05, 0) is 30.3 Å². The van der Waals surface area contributed by atoms with E-state index < -0.39 is 15.9 Å². The van der Waals surface area contributed by atoms with Crippen molar-refractivity contribution in [3.05, 3.63) is 58.1 Å². The molecule has 0 spiro atoms. The molecule has 0 unspecified atom stereocenters. The van der Waals surface area contributed by atoms with Crippen molar-refractivity contribution in [1.82, 2.24) is 10.4 Å². The molecule has 0 radical (unpaired) electrons. The van der Waals surface area contributed by atoms with Crippen LogP contribution in [0.5, 0.6) is 0 Å². The molecule has 9 heteroatoms. The van der Waals surface area contributed by atoms with Gasteiger partial charge in [0.15, 0.2) is 0 Å². The number of para-hydroxylation sites is 1. The molecule has 2 N–H and O–H groups in total. The number of rotatable bonds is 5. The van der Waals surface area contributed by atoms with E-state index in [1.54, 1.807) is 32.3 Å². The lowest BCUT2D eigenvalue weighted by Crippen LogP contribution is -2.36. The summed E-state index contributed by atoms with van der Waals surface area (Å²) in [5.74, 6) is -0.453. The molecule has 2 rings (SSSR count). The minimum Gasteiger partial charge on any atom is -0.285 e. The molecule has 0 aliphatic carbocycles. The SMILES string of the molecule is CN(C)NC(=O)c1ccc(Cl)c(S(=O)(=O)Nc2ccccc2Cl)c1. The van der Waals surface area contributed by atoms with Crippen LogP contribution in [-0.2, 0) is 10.0 Å². The monoisotopic (exact) mass is 387 g/mol. The number of amides is 1. The Bertz CT molecular complexity index is 870. The lowest BCUT2D eigenvalue weighted by Gasteiger charge is -2.14. The highest BCUT2D eigenvalue weighted by Gasteiger charge is 2.21. The Balaban J connectivity index is 2.39. The van der Waals surface area contributed by atoms with Gasteiger partial charge in [0.25, 0.3) is 15.9 Å². The maximum Gasteiger partial charge on any atom is 0.265 e. The number of hydrogen-bond acceptors (Lipinski definition) is 4. The van der Waals surface area contributed by atoms with E-state index in [1.807, 2.05) is 0 Å². The van der Waals surface area contributed by atoms with Gasteiger partial charge in [0, 0.05) is 19.7 Å². The molecule has 0 saturated heterocycles. The van der Waals surface area contributed by atoms with E-state index in [2.05, 4.69) is 10.1 Å². The van der Waals surface area contributed by atoms with Gasteiger partial charge in [0.05, 0.1) is 15.7 Å². The molecule has 2 aromatic carbocycles. The molecule has 0 fully saturated rings. The van der Waals surface area contributed by atoms with E-state index in [0.29, 0.717) is 0 Å². The van der Waals surface area contributed by atoms with Crippen LogP contribution in [0.2, 0.25) is 10.0 Å². The number of anilines is 1. The number of nitrogens with zero attached hydrogens (tertiary/aromatic N) is 1. The largest absolute Gasteiger partial charge is 0.285 e. The molecule has 0 aliphatic rings. The maximum absolute atomic E-state index is 12.6. The molecule has 0 heterocycles. The van der Waals surface area contributed by atoms with Gasteiger partial charge in [-0.3, -0.25) is 14.9 Å². The van der Waals surface area contributed by atoms with Crippen molar-refractivity contribution in [3.63, 3.8) is 0 Å². The second-order valence-electron chi connectivity index (χ2n) is 5.07. The van der Waals surface area contributed by atoms with Crippen molar-refractivity contribution in [2.24, 2.45) is 0 Å². The molecular weight excluding hydrogens is 373 g/mol. The molecule has 6 nitrogen and oxygen atoms in total. The van der Waals surface area contributed by atoms with Crippen molar-refractivity contribution in [2.75, 3.05) is 18.8 Å². The van der Waals surface area contributed by atoms with Gasteiger partial charge in [-0.1, -0.05) is 35.3 Å². The van der Waals surface area contributed by atoms with Gasteiger partial charge in [0.2, 0.25) is 0 Å². The third-order valence-electron chi connectivity index (χ3n) is 2.93. The standard InChI is InChI=1S/C15H15Cl2N3O3S/c1-20(2)18-15(21)10-7-8-12(17)14(9-10)24(22,23)19-13-6-4-3-5-11(13)16/h3-9,19H,1-2H3,(H,18,21). The number of sulfonamides is 1. The van der Waals surface area contributed by atoms with Gasteiger partial charge in [-0.15, -0.1) is 0 Å². The summed E-state index contributed by atoms with van der Waals surface area (Å²) in [7, 11) is -0.724. The zero-order valence-corrected chi connectivity index (χ0v) is 15.2. The van der Waals surface area contributed by atoms with Crippen LogP contribution in [0, 0.1) is 0 Å². The number of carbonyl (C=O) groups is 1. The normalized spacial score (nSPS) is 11.4. The quantitative estimate of drug-likeness (QED) is 0.772. The summed E-state index contributed by atoms with van der Waals surface area (Å²) in [6.07, 6.45) is 0. The van der Waals surface area contributed by atoms with Gasteiger partial charge >= 0.3 is 0 Å². The third-order valence-corrected chi connectivity index (χ3v) is 5.10. The summed E-state index contributed by atoms with van der Waals surface area (Å²) >= 11 is 12.0. The summed E-state index contributed by atoms with van der Waals surface area (Å²) in [4.78, 5) is 11.8. The molecule has 0 saturated carbocycles. The van der Waals surface area contributed by atoms with E-state index in [1.165, 1.54) is 29.3 Å². The number of carbonyl (C=O) groups excluding carboxylic acids is 1. The lowest BCUT2D eigenvalue weighted by molar-refractivity contribution is 0.0856. The number of halogens is 2. The highest BCUT2D eigenvalue weighted by atomic mass is 35.5. The van der Waals surface area contributed by atoms with Crippen molar-refractivity contribution < 1.29 is 13.2 Å². The van der Waals surface area contributed by atoms with Crippen LogP contribution in [0.4, 0.5) is 5.69 Å². The summed E-state index contributed by atoms with van der Waals surface area (Å²) in [6.45, 7) is 0. The minimum atomic E-state index is -4.01. The number of hydrogen-bond donors (Lipinski definition) is 2. The predicted octanol–water partition coefficient (Wildman–Crippen LogP) is 3.00. The van der Waals surface area contributed by atoms with Gasteiger partial charge in [-0.25, -0.2) is 13.4 Å². The Morgan fingerprint density at radius 3 is 2.33 bits per heavy atom. The average Bonchev–Trinajstić information content (AvgIpc) is 2.49. The summed E-state index contributed by atoms with van der Waals surface area (Å²) in [5, 5.41) is 1.70. The van der Waals surface area contributed by atoms with Crippen LogP contribution in [0.25, 0.3) is 0 Å². The van der Waals surface area contributed by atoms with E-state index in [-0.39, 0.29) is 26.2 Å².